The highest BCUT2D eigenvalue weighted by Gasteiger charge is 2.53. The summed E-state index contributed by atoms with van der Waals surface area (Å²) in [5.74, 6) is 0.426. The maximum absolute atomic E-state index is 13.7. The van der Waals surface area contributed by atoms with Crippen LogP contribution in [0, 0.1) is 35.0 Å². The zero-order valence-electron chi connectivity index (χ0n) is 21.1. The smallest absolute Gasteiger partial charge is 0.148 e. The SMILES string of the molecule is C#CCOc1ccc2ccccc2c1C([C@H]1C(=O)CC(C)(C)C[C@@H]1O)[C@@H]1C(=O)CC(C)(C)C[C@@H]1O. The van der Waals surface area contributed by atoms with Crippen LogP contribution in [0.4, 0.5) is 0 Å². The summed E-state index contributed by atoms with van der Waals surface area (Å²) in [6, 6.07) is 11.5. The lowest BCUT2D eigenvalue weighted by molar-refractivity contribution is -0.144. The third kappa shape index (κ3) is 5.01. The number of carbonyl (C=O) groups is 2. The number of terminal acetylenes is 1. The van der Waals surface area contributed by atoms with Crippen LogP contribution in [0.15, 0.2) is 36.4 Å². The fraction of sp³-hybridized carbons (Fsp3) is 0.533. The summed E-state index contributed by atoms with van der Waals surface area (Å²) in [6.45, 7) is 7.92. The topological polar surface area (TPSA) is 83.8 Å². The minimum Gasteiger partial charge on any atom is -0.481 e. The first-order valence-electron chi connectivity index (χ1n) is 12.4. The fourth-order valence-electron chi connectivity index (χ4n) is 6.47. The molecular formula is C30H36O5. The molecule has 1 unspecified atom stereocenters. The van der Waals surface area contributed by atoms with E-state index >= 15 is 0 Å². The van der Waals surface area contributed by atoms with Crippen LogP contribution < -0.4 is 4.74 Å². The van der Waals surface area contributed by atoms with Gasteiger partial charge < -0.3 is 14.9 Å². The molecule has 186 valence electrons. The molecule has 0 aromatic heterocycles. The van der Waals surface area contributed by atoms with Crippen LogP contribution in [-0.4, -0.2) is 40.6 Å². The van der Waals surface area contributed by atoms with Gasteiger partial charge in [0.1, 0.15) is 23.9 Å². The molecule has 5 nitrogen and oxygen atoms in total. The zero-order valence-corrected chi connectivity index (χ0v) is 21.1. The molecule has 4 rings (SSSR count). The van der Waals surface area contributed by atoms with Crippen molar-refractivity contribution in [3.63, 3.8) is 0 Å². The Kier molecular flexibility index (Phi) is 6.83. The largest absolute Gasteiger partial charge is 0.481 e. The van der Waals surface area contributed by atoms with Crippen LogP contribution in [0.25, 0.3) is 10.8 Å². The summed E-state index contributed by atoms with van der Waals surface area (Å²) < 4.78 is 5.96. The summed E-state index contributed by atoms with van der Waals surface area (Å²) >= 11 is 0. The van der Waals surface area contributed by atoms with Gasteiger partial charge >= 0.3 is 0 Å². The summed E-state index contributed by atoms with van der Waals surface area (Å²) in [4.78, 5) is 27.3. The second-order valence-corrected chi connectivity index (χ2v) is 11.9. The minimum absolute atomic E-state index is 0.0282. The summed E-state index contributed by atoms with van der Waals surface area (Å²) in [5.41, 5.74) is -0.000367. The highest BCUT2D eigenvalue weighted by molar-refractivity contribution is 5.93. The number of aliphatic hydroxyl groups is 2. The van der Waals surface area contributed by atoms with Crippen molar-refractivity contribution in [1.29, 1.82) is 0 Å². The van der Waals surface area contributed by atoms with Gasteiger partial charge in [0.05, 0.1) is 24.0 Å². The molecule has 0 saturated heterocycles. The molecule has 5 heteroatoms. The van der Waals surface area contributed by atoms with Gasteiger partial charge in [-0.2, -0.15) is 0 Å². The van der Waals surface area contributed by atoms with Gasteiger partial charge in [-0.3, -0.25) is 9.59 Å². The summed E-state index contributed by atoms with van der Waals surface area (Å²) in [6.07, 6.45) is 5.09. The lowest BCUT2D eigenvalue weighted by Crippen LogP contribution is -2.51. The van der Waals surface area contributed by atoms with Crippen LogP contribution >= 0.6 is 0 Å². The maximum atomic E-state index is 13.7. The van der Waals surface area contributed by atoms with Gasteiger partial charge in [-0.05, 0) is 40.5 Å². The Morgan fingerprint density at radius 1 is 0.943 bits per heavy atom. The Morgan fingerprint density at radius 2 is 1.49 bits per heavy atom. The van der Waals surface area contributed by atoms with E-state index in [1.54, 1.807) is 0 Å². The first-order chi connectivity index (χ1) is 16.4. The Morgan fingerprint density at radius 3 is 2.00 bits per heavy atom. The molecule has 2 aliphatic carbocycles. The third-order valence-corrected chi connectivity index (χ3v) is 7.75. The van der Waals surface area contributed by atoms with E-state index in [0.717, 1.165) is 10.8 Å². The number of fused-ring (bicyclic) bond motifs is 1. The molecular weight excluding hydrogens is 440 g/mol. The average Bonchev–Trinajstić information content (AvgIpc) is 2.73. The number of ether oxygens (including phenoxy) is 1. The molecule has 2 aromatic carbocycles. The van der Waals surface area contributed by atoms with E-state index in [9.17, 15) is 19.8 Å². The number of hydrogen-bond acceptors (Lipinski definition) is 5. The Bertz CT molecular complexity index is 1130. The normalized spacial score (nSPS) is 28.9. The van der Waals surface area contributed by atoms with Gasteiger partial charge in [0.2, 0.25) is 0 Å². The van der Waals surface area contributed by atoms with Crippen LogP contribution in [0.2, 0.25) is 0 Å². The third-order valence-electron chi connectivity index (χ3n) is 7.75. The maximum Gasteiger partial charge on any atom is 0.148 e. The number of carbonyl (C=O) groups excluding carboxylic acids is 2. The number of Topliss-reactive ketones (excluding diaryl/α,β-unsaturated/α-hetero) is 2. The van der Waals surface area contributed by atoms with E-state index < -0.39 is 30.0 Å². The zero-order chi connectivity index (χ0) is 25.5. The van der Waals surface area contributed by atoms with E-state index in [-0.39, 0.29) is 29.0 Å². The van der Waals surface area contributed by atoms with Gasteiger partial charge in [-0.1, -0.05) is 63.9 Å². The molecule has 5 atom stereocenters. The van der Waals surface area contributed by atoms with Gasteiger partial charge in [0, 0.05) is 24.3 Å². The highest BCUT2D eigenvalue weighted by Crippen LogP contribution is 2.52. The second kappa shape index (κ2) is 9.41. The monoisotopic (exact) mass is 476 g/mol. The molecule has 0 heterocycles. The van der Waals surface area contributed by atoms with Crippen molar-refractivity contribution in [2.24, 2.45) is 22.7 Å². The van der Waals surface area contributed by atoms with Crippen molar-refractivity contribution < 1.29 is 24.5 Å². The number of ketones is 2. The van der Waals surface area contributed by atoms with Crippen LogP contribution in [0.1, 0.15) is 64.9 Å². The molecule has 2 saturated carbocycles. The van der Waals surface area contributed by atoms with Crippen molar-refractivity contribution in [2.45, 2.75) is 71.5 Å². The van der Waals surface area contributed by atoms with Gasteiger partial charge in [0.25, 0.3) is 0 Å². The Hall–Kier alpha value is -2.68. The predicted octanol–water partition coefficient (Wildman–Crippen LogP) is 4.67. The first kappa shape index (κ1) is 25.4. The molecule has 0 spiro atoms. The van der Waals surface area contributed by atoms with Crippen molar-refractivity contribution in [3.05, 3.63) is 42.0 Å². The van der Waals surface area contributed by atoms with Gasteiger partial charge in [-0.25, -0.2) is 0 Å². The number of hydrogen-bond donors (Lipinski definition) is 2. The lowest BCUT2D eigenvalue weighted by atomic mass is 9.58. The van der Waals surface area contributed by atoms with Crippen molar-refractivity contribution in [3.8, 4) is 18.1 Å². The van der Waals surface area contributed by atoms with Crippen molar-refractivity contribution in [1.82, 2.24) is 0 Å². The molecule has 2 aliphatic rings. The summed E-state index contributed by atoms with van der Waals surface area (Å²) in [5, 5.41) is 24.5. The van der Waals surface area contributed by atoms with Crippen LogP contribution in [-0.2, 0) is 9.59 Å². The molecule has 0 amide bonds. The van der Waals surface area contributed by atoms with E-state index in [0.29, 0.717) is 37.0 Å². The quantitative estimate of drug-likeness (QED) is 0.613. The average molecular weight is 477 g/mol. The van der Waals surface area contributed by atoms with Gasteiger partial charge in [0.15, 0.2) is 0 Å². The molecule has 2 fully saturated rings. The first-order valence-corrected chi connectivity index (χ1v) is 12.4. The molecule has 2 N–H and O–H groups in total. The summed E-state index contributed by atoms with van der Waals surface area (Å²) in [7, 11) is 0. The number of rotatable bonds is 5. The molecule has 0 radical (unpaired) electrons. The standard InChI is InChI=1S/C30H36O5/c1-6-13-35-24-12-11-18-9-7-8-10-19(18)25(24)28(26-20(31)14-29(2,3)15-21(26)32)27-22(33)16-30(4,5)17-23(27)34/h1,7-12,20,22,26-28,31,33H,13-17H2,2-5H3/t20-,22-,26-,27+,28?/m0/s1. The minimum atomic E-state index is -0.939. The van der Waals surface area contributed by atoms with E-state index in [1.807, 2.05) is 64.1 Å². The molecule has 0 aliphatic heterocycles. The van der Waals surface area contributed by atoms with Crippen molar-refractivity contribution >= 4 is 22.3 Å². The number of benzene rings is 2. The molecule has 0 bridgehead atoms. The number of aliphatic hydroxyl groups excluding tert-OH is 2. The highest BCUT2D eigenvalue weighted by atomic mass is 16.5. The lowest BCUT2D eigenvalue weighted by Gasteiger charge is -2.46. The Balaban J connectivity index is 1.96. The van der Waals surface area contributed by atoms with Crippen molar-refractivity contribution in [2.75, 3.05) is 6.61 Å². The molecule has 2 aromatic rings. The van der Waals surface area contributed by atoms with E-state index in [4.69, 9.17) is 11.2 Å². The Labute approximate surface area is 207 Å². The fourth-order valence-corrected chi connectivity index (χ4v) is 6.47. The second-order valence-electron chi connectivity index (χ2n) is 11.9. The predicted molar refractivity (Wildman–Crippen MR) is 136 cm³/mol. The van der Waals surface area contributed by atoms with E-state index in [1.165, 1.54) is 0 Å². The molecule has 35 heavy (non-hydrogen) atoms. The van der Waals surface area contributed by atoms with Gasteiger partial charge in [-0.15, -0.1) is 6.42 Å². The van der Waals surface area contributed by atoms with Crippen LogP contribution in [0.3, 0.4) is 0 Å². The van der Waals surface area contributed by atoms with Crippen LogP contribution in [0.5, 0.6) is 5.75 Å². The van der Waals surface area contributed by atoms with E-state index in [2.05, 4.69) is 5.92 Å².